The number of quaternary nitrogens is 1. The molecule has 0 saturated carbocycles. The minimum atomic E-state index is -4.71. The Morgan fingerprint density at radius 2 is 0.792 bits per heavy atom. The van der Waals surface area contributed by atoms with E-state index in [4.69, 9.17) is 13.8 Å². The Bertz CT molecular complexity index is 1590. The summed E-state index contributed by atoms with van der Waals surface area (Å²) in [5.74, 6) is -0.579. The zero-order valence-electron chi connectivity index (χ0n) is 50.9. The van der Waals surface area contributed by atoms with Gasteiger partial charge in [0.05, 0.1) is 33.8 Å². The molecule has 10 heteroatoms. The molecular weight excluding hydrogens is 976 g/mol. The first-order valence-corrected chi connectivity index (χ1v) is 33.4. The fourth-order valence-corrected chi connectivity index (χ4v) is 9.55. The van der Waals surface area contributed by atoms with E-state index in [1.54, 1.807) is 0 Å². The first kappa shape index (κ1) is 74.2. The Hall–Kier alpha value is -2.81. The number of carbonyl (C=O) groups is 2. The monoisotopic (exact) mass is 1100 g/mol. The standard InChI is InChI=1S/C67H121N2O7P/c1-7-10-13-16-19-22-25-27-29-31-33-34-36-38-40-42-45-48-51-54-57-60-67(71)76-65(58-55-52-49-46-43-24-21-18-15-12-9-3)64(63-75-77(72,73)74-62-61-69(4,5)6)68-66(70)59-56-53-50-47-44-41-39-37-35-32-30-28-26-23-20-17-14-11-8-2/h19-20,22-23,27-30,35,37,41,44,55,58,64-65H,7-18,21,24-26,31-34,36,38-40,42-43,45-54,56-57,59-63H2,1-6H3,(H-,68,70,72,73)/b22-19-,23-20-,29-27-,30-28-,37-35-,44-41-,58-55+. The molecule has 1 N–H and O–H groups in total. The van der Waals surface area contributed by atoms with Crippen molar-refractivity contribution in [3.05, 3.63) is 85.1 Å². The van der Waals surface area contributed by atoms with Gasteiger partial charge in [-0.3, -0.25) is 14.2 Å². The van der Waals surface area contributed by atoms with E-state index in [-0.39, 0.29) is 31.3 Å². The summed E-state index contributed by atoms with van der Waals surface area (Å²) in [6.07, 6.45) is 74.1. The number of phosphoric acid groups is 1. The summed E-state index contributed by atoms with van der Waals surface area (Å²) in [6.45, 7) is 6.76. The van der Waals surface area contributed by atoms with Gasteiger partial charge in [-0.2, -0.15) is 0 Å². The zero-order valence-corrected chi connectivity index (χ0v) is 51.8. The van der Waals surface area contributed by atoms with Crippen molar-refractivity contribution in [2.24, 2.45) is 0 Å². The van der Waals surface area contributed by atoms with Gasteiger partial charge in [0.15, 0.2) is 0 Å². The molecule has 0 radical (unpaired) electrons. The topological polar surface area (TPSA) is 114 Å². The molecule has 0 bridgehead atoms. The third-order valence-electron chi connectivity index (χ3n) is 13.8. The summed E-state index contributed by atoms with van der Waals surface area (Å²) >= 11 is 0. The number of amides is 1. The summed E-state index contributed by atoms with van der Waals surface area (Å²) in [5, 5.41) is 3.01. The van der Waals surface area contributed by atoms with E-state index in [0.29, 0.717) is 17.4 Å². The first-order chi connectivity index (χ1) is 37.4. The van der Waals surface area contributed by atoms with E-state index in [1.807, 2.05) is 33.3 Å². The van der Waals surface area contributed by atoms with Gasteiger partial charge in [0.25, 0.3) is 7.82 Å². The largest absolute Gasteiger partial charge is 0.756 e. The van der Waals surface area contributed by atoms with Gasteiger partial charge in [-0.05, 0) is 109 Å². The number of ether oxygens (including phenoxy) is 1. The van der Waals surface area contributed by atoms with Gasteiger partial charge in [-0.15, -0.1) is 0 Å². The third kappa shape index (κ3) is 57.7. The first-order valence-electron chi connectivity index (χ1n) is 31.9. The van der Waals surface area contributed by atoms with Crippen molar-refractivity contribution in [1.82, 2.24) is 5.32 Å². The van der Waals surface area contributed by atoms with E-state index >= 15 is 0 Å². The number of phosphoric ester groups is 1. The molecule has 0 aromatic rings. The molecule has 9 nitrogen and oxygen atoms in total. The Morgan fingerprint density at radius 1 is 0.455 bits per heavy atom. The van der Waals surface area contributed by atoms with E-state index in [1.165, 1.54) is 154 Å². The molecule has 0 aliphatic carbocycles. The molecule has 0 heterocycles. The van der Waals surface area contributed by atoms with Crippen LogP contribution in [0.5, 0.6) is 0 Å². The molecule has 0 fully saturated rings. The number of hydrogen-bond acceptors (Lipinski definition) is 7. The van der Waals surface area contributed by atoms with Crippen molar-refractivity contribution in [2.75, 3.05) is 40.9 Å². The molecule has 3 atom stereocenters. The van der Waals surface area contributed by atoms with Gasteiger partial charge in [0, 0.05) is 12.8 Å². The predicted octanol–water partition coefficient (Wildman–Crippen LogP) is 19.1. The smallest absolute Gasteiger partial charge is 0.306 e. The second-order valence-corrected chi connectivity index (χ2v) is 24.0. The predicted molar refractivity (Wildman–Crippen MR) is 330 cm³/mol. The summed E-state index contributed by atoms with van der Waals surface area (Å²) in [5.41, 5.74) is 0. The zero-order chi connectivity index (χ0) is 56.4. The summed E-state index contributed by atoms with van der Waals surface area (Å²) < 4.78 is 30.3. The Kier molecular flexibility index (Phi) is 54.4. The van der Waals surface area contributed by atoms with Crippen LogP contribution < -0.4 is 10.2 Å². The third-order valence-corrected chi connectivity index (χ3v) is 14.8. The Morgan fingerprint density at radius 3 is 1.22 bits per heavy atom. The molecule has 1 amide bonds. The molecule has 0 aliphatic heterocycles. The van der Waals surface area contributed by atoms with Crippen LogP contribution in [0.3, 0.4) is 0 Å². The minimum absolute atomic E-state index is 0.0321. The van der Waals surface area contributed by atoms with Crippen LogP contribution >= 0.6 is 7.82 Å². The van der Waals surface area contributed by atoms with E-state index in [2.05, 4.69) is 99.0 Å². The fourth-order valence-electron chi connectivity index (χ4n) is 8.83. The normalized spacial score (nSPS) is 14.2. The van der Waals surface area contributed by atoms with E-state index in [9.17, 15) is 19.0 Å². The Balaban J connectivity index is 5.24. The molecule has 0 saturated heterocycles. The second-order valence-electron chi connectivity index (χ2n) is 22.6. The number of hydrogen-bond donors (Lipinski definition) is 1. The van der Waals surface area contributed by atoms with Crippen molar-refractivity contribution in [3.63, 3.8) is 0 Å². The molecule has 77 heavy (non-hydrogen) atoms. The number of unbranched alkanes of at least 4 members (excludes halogenated alkanes) is 29. The lowest BCUT2D eigenvalue weighted by molar-refractivity contribution is -0.870. The number of esters is 1. The lowest BCUT2D eigenvalue weighted by Crippen LogP contribution is -2.47. The fraction of sp³-hybridized carbons (Fsp3) is 0.761. The maximum atomic E-state index is 13.5. The number of nitrogens with zero attached hydrogens (tertiary/aromatic N) is 1. The molecule has 0 aliphatic rings. The number of likely N-dealkylation sites (N-methyl/N-ethyl adjacent to an activating group) is 1. The minimum Gasteiger partial charge on any atom is -0.756 e. The highest BCUT2D eigenvalue weighted by Crippen LogP contribution is 2.38. The van der Waals surface area contributed by atoms with Gasteiger partial charge in [0.2, 0.25) is 5.91 Å². The number of rotatable bonds is 57. The van der Waals surface area contributed by atoms with Gasteiger partial charge in [-0.1, -0.05) is 241 Å². The second kappa shape index (κ2) is 56.5. The highest BCUT2D eigenvalue weighted by molar-refractivity contribution is 7.45. The van der Waals surface area contributed by atoms with Crippen LogP contribution in [0.25, 0.3) is 0 Å². The quantitative estimate of drug-likeness (QED) is 0.0212. The van der Waals surface area contributed by atoms with Crippen molar-refractivity contribution in [1.29, 1.82) is 0 Å². The number of allylic oxidation sites excluding steroid dienone is 13. The van der Waals surface area contributed by atoms with Crippen molar-refractivity contribution < 1.29 is 37.3 Å². The lowest BCUT2D eigenvalue weighted by Gasteiger charge is -2.30. The van der Waals surface area contributed by atoms with Crippen molar-refractivity contribution >= 4 is 19.7 Å². The summed E-state index contributed by atoms with van der Waals surface area (Å²) in [6, 6.07) is -0.909. The van der Waals surface area contributed by atoms with Crippen molar-refractivity contribution in [2.45, 2.75) is 290 Å². The molecule has 0 aromatic carbocycles. The molecule has 446 valence electrons. The maximum Gasteiger partial charge on any atom is 0.306 e. The maximum absolute atomic E-state index is 13.5. The van der Waals surface area contributed by atoms with Crippen LogP contribution in [0.2, 0.25) is 0 Å². The molecule has 0 aromatic heterocycles. The molecule has 0 rings (SSSR count). The highest BCUT2D eigenvalue weighted by Gasteiger charge is 2.27. The van der Waals surface area contributed by atoms with Crippen LogP contribution in [0.1, 0.15) is 278 Å². The van der Waals surface area contributed by atoms with Gasteiger partial charge in [-0.25, -0.2) is 0 Å². The number of nitrogens with one attached hydrogen (secondary N) is 1. The SMILES string of the molecule is CCCCC/C=C\C/C=C\C/C=C\C/C=C\CCCCCC(=O)NC(COP(=O)([O-])OCC[N+](C)(C)C)C(/C=C/CCCCCCCCCCC)OC(=O)CCCCCCCCCCCCC/C=C\C/C=C\CCCCC. The van der Waals surface area contributed by atoms with Gasteiger partial charge in [0.1, 0.15) is 19.3 Å². The van der Waals surface area contributed by atoms with Crippen LogP contribution in [0, 0.1) is 0 Å². The summed E-state index contributed by atoms with van der Waals surface area (Å²) in [4.78, 5) is 40.0. The summed E-state index contributed by atoms with van der Waals surface area (Å²) in [7, 11) is 1.16. The van der Waals surface area contributed by atoms with Crippen LogP contribution in [-0.2, 0) is 27.9 Å². The van der Waals surface area contributed by atoms with Gasteiger partial charge >= 0.3 is 5.97 Å². The van der Waals surface area contributed by atoms with E-state index in [0.717, 1.165) is 83.5 Å². The highest BCUT2D eigenvalue weighted by atomic mass is 31.2. The average molecular weight is 1100 g/mol. The van der Waals surface area contributed by atoms with Crippen LogP contribution in [-0.4, -0.2) is 69.4 Å². The molecule has 0 spiro atoms. The van der Waals surface area contributed by atoms with Crippen LogP contribution in [0.4, 0.5) is 0 Å². The van der Waals surface area contributed by atoms with E-state index < -0.39 is 26.6 Å². The van der Waals surface area contributed by atoms with Gasteiger partial charge < -0.3 is 28.5 Å². The van der Waals surface area contributed by atoms with Crippen molar-refractivity contribution in [3.8, 4) is 0 Å². The Labute approximate surface area is 476 Å². The van der Waals surface area contributed by atoms with Crippen LogP contribution in [0.15, 0.2) is 85.1 Å². The molecule has 3 unspecified atom stereocenters. The average Bonchev–Trinajstić information content (AvgIpc) is 3.39. The molecular formula is C67H121N2O7P. The lowest BCUT2D eigenvalue weighted by atomic mass is 10.0. The number of carbonyl (C=O) groups excluding carboxylic acids is 2.